The van der Waals surface area contributed by atoms with Crippen LogP contribution in [0.25, 0.3) is 0 Å². The predicted octanol–water partition coefficient (Wildman–Crippen LogP) is 2.79. The van der Waals surface area contributed by atoms with Gasteiger partial charge in [-0.3, -0.25) is 14.5 Å². The third-order valence-corrected chi connectivity index (χ3v) is 4.76. The lowest BCUT2D eigenvalue weighted by molar-refractivity contribution is -0.125. The first-order valence-corrected chi connectivity index (χ1v) is 9.05. The normalized spacial score (nSPS) is 14.8. The highest BCUT2D eigenvalue weighted by atomic mass is 16.2. The number of amides is 4. The van der Waals surface area contributed by atoms with Crippen LogP contribution >= 0.6 is 0 Å². The van der Waals surface area contributed by atoms with E-state index >= 15 is 0 Å². The van der Waals surface area contributed by atoms with Gasteiger partial charge < -0.3 is 10.6 Å². The second-order valence-electron chi connectivity index (χ2n) is 6.59. The van der Waals surface area contributed by atoms with Gasteiger partial charge in [0.05, 0.1) is 19.1 Å². The fourth-order valence-corrected chi connectivity index (χ4v) is 3.07. The molecule has 140 valence electrons. The smallest absolute Gasteiger partial charge is 0.324 e. The Morgan fingerprint density at radius 3 is 2.48 bits per heavy atom. The Bertz CT molecular complexity index is 845. The lowest BCUT2D eigenvalue weighted by Crippen LogP contribution is -2.32. The van der Waals surface area contributed by atoms with Gasteiger partial charge in [0.1, 0.15) is 0 Å². The lowest BCUT2D eigenvalue weighted by atomic mass is 10.0. The van der Waals surface area contributed by atoms with Crippen LogP contribution in [0.1, 0.15) is 46.9 Å². The van der Waals surface area contributed by atoms with Crippen LogP contribution in [0.2, 0.25) is 0 Å². The molecule has 0 unspecified atom stereocenters. The maximum atomic E-state index is 12.8. The molecule has 27 heavy (non-hydrogen) atoms. The molecule has 2 N–H and O–H groups in total. The van der Waals surface area contributed by atoms with Gasteiger partial charge in [0, 0.05) is 5.56 Å². The molecule has 0 saturated carbocycles. The Kier molecular flexibility index (Phi) is 5.54. The van der Waals surface area contributed by atoms with Gasteiger partial charge in [-0.15, -0.1) is 0 Å². The van der Waals surface area contributed by atoms with Crippen molar-refractivity contribution in [3.63, 3.8) is 0 Å². The number of nitrogens with one attached hydrogen (secondary N) is 2. The maximum Gasteiger partial charge on any atom is 0.324 e. The van der Waals surface area contributed by atoms with Crippen LogP contribution in [-0.4, -0.2) is 29.3 Å². The number of carbonyl (C=O) groups excluding carboxylic acids is 3. The number of urea groups is 1. The Balaban J connectivity index is 1.74. The van der Waals surface area contributed by atoms with E-state index in [1.807, 2.05) is 19.1 Å². The van der Waals surface area contributed by atoms with Gasteiger partial charge in [0.2, 0.25) is 5.91 Å². The average Bonchev–Trinajstić information content (AvgIpc) is 3.00. The monoisotopic (exact) mass is 365 g/mol. The van der Waals surface area contributed by atoms with Crippen molar-refractivity contribution in [3.8, 4) is 0 Å². The van der Waals surface area contributed by atoms with Crippen LogP contribution in [0, 0.1) is 0 Å². The van der Waals surface area contributed by atoms with Crippen LogP contribution in [0.15, 0.2) is 48.5 Å². The third-order valence-electron chi connectivity index (χ3n) is 4.76. The summed E-state index contributed by atoms with van der Waals surface area (Å²) < 4.78 is 0. The maximum absolute atomic E-state index is 12.8. The molecule has 1 atom stereocenters. The summed E-state index contributed by atoms with van der Waals surface area (Å²) in [7, 11) is 0. The highest BCUT2D eigenvalue weighted by Crippen LogP contribution is 2.18. The summed E-state index contributed by atoms with van der Waals surface area (Å²) in [5.41, 5.74) is 3.36. The van der Waals surface area contributed by atoms with E-state index < -0.39 is 6.03 Å². The molecule has 2 aromatic carbocycles. The van der Waals surface area contributed by atoms with Gasteiger partial charge in [-0.05, 0) is 36.1 Å². The second-order valence-corrected chi connectivity index (χ2v) is 6.59. The van der Waals surface area contributed by atoms with Crippen molar-refractivity contribution in [3.05, 3.63) is 70.8 Å². The third kappa shape index (κ3) is 4.16. The SMILES string of the molecule is CCc1ccc([C@@H](C)NC(=O)c2ccccc2CN2C(=O)CNC2=O)cc1. The fraction of sp³-hybridized carbons (Fsp3) is 0.286. The average molecular weight is 365 g/mol. The molecular formula is C21H23N3O3. The minimum atomic E-state index is -0.431. The Labute approximate surface area is 158 Å². The van der Waals surface area contributed by atoms with E-state index in [2.05, 4.69) is 29.7 Å². The quantitative estimate of drug-likeness (QED) is 0.773. The topological polar surface area (TPSA) is 78.5 Å². The van der Waals surface area contributed by atoms with Crippen LogP contribution in [-0.2, 0) is 17.8 Å². The first-order valence-electron chi connectivity index (χ1n) is 9.05. The number of aryl methyl sites for hydroxylation is 1. The first kappa shape index (κ1) is 18.6. The molecule has 1 aliphatic rings. The van der Waals surface area contributed by atoms with Gasteiger partial charge in [0.15, 0.2) is 0 Å². The van der Waals surface area contributed by atoms with E-state index in [1.165, 1.54) is 5.56 Å². The molecule has 0 radical (unpaired) electrons. The molecule has 1 aliphatic heterocycles. The van der Waals surface area contributed by atoms with E-state index in [9.17, 15) is 14.4 Å². The van der Waals surface area contributed by atoms with Crippen molar-refractivity contribution in [2.45, 2.75) is 32.9 Å². The molecule has 0 spiro atoms. The zero-order valence-electron chi connectivity index (χ0n) is 15.5. The molecule has 1 fully saturated rings. The van der Waals surface area contributed by atoms with Crippen LogP contribution < -0.4 is 10.6 Å². The Morgan fingerprint density at radius 1 is 1.15 bits per heavy atom. The van der Waals surface area contributed by atoms with Gasteiger partial charge in [-0.1, -0.05) is 49.4 Å². The molecule has 1 heterocycles. The summed E-state index contributed by atoms with van der Waals surface area (Å²) in [5.74, 6) is -0.524. The van der Waals surface area contributed by atoms with E-state index in [0.717, 1.165) is 16.9 Å². The molecular weight excluding hydrogens is 342 g/mol. The molecule has 3 rings (SSSR count). The van der Waals surface area contributed by atoms with Crippen LogP contribution in [0.3, 0.4) is 0 Å². The van der Waals surface area contributed by atoms with E-state index in [0.29, 0.717) is 11.1 Å². The zero-order valence-corrected chi connectivity index (χ0v) is 15.5. The minimum absolute atomic E-state index is 0.00200. The lowest BCUT2D eigenvalue weighted by Gasteiger charge is -2.18. The zero-order chi connectivity index (χ0) is 19.4. The van der Waals surface area contributed by atoms with Crippen LogP contribution in [0.5, 0.6) is 0 Å². The van der Waals surface area contributed by atoms with Crippen molar-refractivity contribution in [2.24, 2.45) is 0 Å². The summed E-state index contributed by atoms with van der Waals surface area (Å²) >= 11 is 0. The highest BCUT2D eigenvalue weighted by molar-refractivity contribution is 6.02. The van der Waals surface area contributed by atoms with E-state index in [1.54, 1.807) is 24.3 Å². The Hall–Kier alpha value is -3.15. The summed E-state index contributed by atoms with van der Waals surface area (Å²) in [6.07, 6.45) is 0.969. The van der Waals surface area contributed by atoms with Crippen molar-refractivity contribution >= 4 is 17.8 Å². The molecule has 4 amide bonds. The van der Waals surface area contributed by atoms with Crippen molar-refractivity contribution in [2.75, 3.05) is 6.54 Å². The number of hydrogen-bond donors (Lipinski definition) is 2. The summed E-state index contributed by atoms with van der Waals surface area (Å²) in [6.45, 7) is 4.10. The molecule has 2 aromatic rings. The number of rotatable bonds is 6. The molecule has 6 nitrogen and oxygen atoms in total. The van der Waals surface area contributed by atoms with Gasteiger partial charge in [-0.25, -0.2) is 4.79 Å². The molecule has 0 bridgehead atoms. The van der Waals surface area contributed by atoms with E-state index in [4.69, 9.17) is 0 Å². The Morgan fingerprint density at radius 2 is 1.85 bits per heavy atom. The highest BCUT2D eigenvalue weighted by Gasteiger charge is 2.29. The van der Waals surface area contributed by atoms with E-state index in [-0.39, 0.29) is 30.9 Å². The largest absolute Gasteiger partial charge is 0.346 e. The second kappa shape index (κ2) is 8.03. The summed E-state index contributed by atoms with van der Waals surface area (Å²) in [6, 6.07) is 14.6. The van der Waals surface area contributed by atoms with Crippen molar-refractivity contribution in [1.82, 2.24) is 15.5 Å². The fourth-order valence-electron chi connectivity index (χ4n) is 3.07. The molecule has 0 aromatic heterocycles. The first-order chi connectivity index (χ1) is 13.0. The van der Waals surface area contributed by atoms with Crippen molar-refractivity contribution < 1.29 is 14.4 Å². The van der Waals surface area contributed by atoms with Crippen molar-refractivity contribution in [1.29, 1.82) is 0 Å². The number of nitrogens with zero attached hydrogens (tertiary/aromatic N) is 1. The minimum Gasteiger partial charge on any atom is -0.346 e. The molecule has 1 saturated heterocycles. The number of hydrogen-bond acceptors (Lipinski definition) is 3. The number of carbonyl (C=O) groups is 3. The number of imide groups is 1. The van der Waals surface area contributed by atoms with Gasteiger partial charge in [0.25, 0.3) is 5.91 Å². The van der Waals surface area contributed by atoms with Gasteiger partial charge >= 0.3 is 6.03 Å². The molecule has 6 heteroatoms. The standard InChI is InChI=1S/C21H23N3O3/c1-3-15-8-10-16(11-9-15)14(2)23-20(26)18-7-5-4-6-17(18)13-24-19(25)12-22-21(24)27/h4-11,14H,3,12-13H2,1-2H3,(H,22,27)(H,23,26)/t14-/m1/s1. The predicted molar refractivity (Wildman–Crippen MR) is 102 cm³/mol. The summed E-state index contributed by atoms with van der Waals surface area (Å²) in [4.78, 5) is 37.5. The summed E-state index contributed by atoms with van der Waals surface area (Å²) in [5, 5.41) is 5.48. The van der Waals surface area contributed by atoms with Gasteiger partial charge in [-0.2, -0.15) is 0 Å². The number of benzene rings is 2. The molecule has 0 aliphatic carbocycles. The van der Waals surface area contributed by atoms with Crippen LogP contribution in [0.4, 0.5) is 4.79 Å².